The van der Waals surface area contributed by atoms with E-state index in [9.17, 15) is 4.79 Å². The fourth-order valence-electron chi connectivity index (χ4n) is 4.60. The number of hydrogen-bond donors (Lipinski definition) is 0. The summed E-state index contributed by atoms with van der Waals surface area (Å²) >= 11 is 0. The first-order chi connectivity index (χ1) is 8.34. The molecule has 0 saturated heterocycles. The standard InChI is InChI=1S/C15H24O3/c1-14(2,3)17-13(16)18-15-7-10-4-11(8-15)6-12(5-10)9-15/h10-12H,4-9H2,1-3H3. The van der Waals surface area contributed by atoms with Gasteiger partial charge in [-0.25, -0.2) is 4.79 Å². The van der Waals surface area contributed by atoms with Gasteiger partial charge in [0.05, 0.1) is 0 Å². The third kappa shape index (κ3) is 2.36. The molecule has 0 atom stereocenters. The average Bonchev–Trinajstić information content (AvgIpc) is 2.09. The molecule has 4 saturated carbocycles. The second kappa shape index (κ2) is 3.88. The maximum absolute atomic E-state index is 11.9. The summed E-state index contributed by atoms with van der Waals surface area (Å²) in [7, 11) is 0. The van der Waals surface area contributed by atoms with Crippen molar-refractivity contribution in [1.29, 1.82) is 0 Å². The highest BCUT2D eigenvalue weighted by atomic mass is 16.7. The number of ether oxygens (including phenoxy) is 2. The van der Waals surface area contributed by atoms with Crippen LogP contribution in [0.2, 0.25) is 0 Å². The molecule has 4 aliphatic carbocycles. The van der Waals surface area contributed by atoms with Crippen molar-refractivity contribution in [2.45, 2.75) is 70.5 Å². The summed E-state index contributed by atoms with van der Waals surface area (Å²) in [4.78, 5) is 11.9. The molecule has 4 bridgehead atoms. The van der Waals surface area contributed by atoms with Gasteiger partial charge in [-0.3, -0.25) is 0 Å². The first kappa shape index (κ1) is 12.3. The summed E-state index contributed by atoms with van der Waals surface area (Å²) in [6.07, 6.45) is 6.81. The molecule has 0 aromatic carbocycles. The minimum absolute atomic E-state index is 0.183. The summed E-state index contributed by atoms with van der Waals surface area (Å²) in [5.41, 5.74) is -0.642. The van der Waals surface area contributed by atoms with Gasteiger partial charge < -0.3 is 9.47 Å². The smallest absolute Gasteiger partial charge is 0.429 e. The van der Waals surface area contributed by atoms with Gasteiger partial charge >= 0.3 is 6.16 Å². The molecule has 0 aromatic rings. The van der Waals surface area contributed by atoms with E-state index in [4.69, 9.17) is 9.47 Å². The minimum Gasteiger partial charge on any atom is -0.429 e. The van der Waals surface area contributed by atoms with E-state index in [1.54, 1.807) is 0 Å². The van der Waals surface area contributed by atoms with Gasteiger partial charge in [-0.1, -0.05) is 0 Å². The van der Waals surface area contributed by atoms with Crippen molar-refractivity contribution in [3.63, 3.8) is 0 Å². The fourth-order valence-corrected chi connectivity index (χ4v) is 4.60. The van der Waals surface area contributed by atoms with Crippen LogP contribution in [-0.2, 0) is 9.47 Å². The highest BCUT2D eigenvalue weighted by Crippen LogP contribution is 2.57. The van der Waals surface area contributed by atoms with Crippen molar-refractivity contribution in [2.24, 2.45) is 17.8 Å². The van der Waals surface area contributed by atoms with E-state index in [0.717, 1.165) is 37.0 Å². The molecule has 3 heteroatoms. The lowest BCUT2D eigenvalue weighted by Gasteiger charge is -2.55. The molecule has 0 heterocycles. The van der Waals surface area contributed by atoms with Crippen LogP contribution in [0.3, 0.4) is 0 Å². The lowest BCUT2D eigenvalue weighted by Crippen LogP contribution is -2.53. The second-order valence-electron chi connectivity index (χ2n) is 7.67. The Bertz CT molecular complexity index is 318. The SMILES string of the molecule is CC(C)(C)OC(=O)OC12CC3CC(CC(C3)C1)C2. The summed E-state index contributed by atoms with van der Waals surface area (Å²) in [6.45, 7) is 5.65. The average molecular weight is 252 g/mol. The van der Waals surface area contributed by atoms with E-state index >= 15 is 0 Å². The van der Waals surface area contributed by atoms with Gasteiger partial charge in [0.25, 0.3) is 0 Å². The van der Waals surface area contributed by atoms with Crippen molar-refractivity contribution in [1.82, 2.24) is 0 Å². The zero-order chi connectivity index (χ0) is 13.0. The molecule has 0 radical (unpaired) electrons. The maximum Gasteiger partial charge on any atom is 0.509 e. The van der Waals surface area contributed by atoms with Crippen LogP contribution in [0.1, 0.15) is 59.3 Å². The van der Waals surface area contributed by atoms with Crippen LogP contribution in [0.4, 0.5) is 4.79 Å². The van der Waals surface area contributed by atoms with Gasteiger partial charge in [0.1, 0.15) is 11.2 Å². The van der Waals surface area contributed by atoms with Crippen molar-refractivity contribution in [3.05, 3.63) is 0 Å². The molecular formula is C15H24O3. The third-order valence-electron chi connectivity index (χ3n) is 4.67. The van der Waals surface area contributed by atoms with Gasteiger partial charge in [0.2, 0.25) is 0 Å². The summed E-state index contributed by atoms with van der Waals surface area (Å²) in [5, 5.41) is 0. The Morgan fingerprint density at radius 2 is 1.44 bits per heavy atom. The van der Waals surface area contributed by atoms with Crippen LogP contribution >= 0.6 is 0 Å². The highest BCUT2D eigenvalue weighted by molar-refractivity contribution is 5.61. The Kier molecular flexibility index (Phi) is 2.65. The predicted molar refractivity (Wildman–Crippen MR) is 68.2 cm³/mol. The number of rotatable bonds is 1. The van der Waals surface area contributed by atoms with Crippen LogP contribution in [0, 0.1) is 17.8 Å². The molecule has 18 heavy (non-hydrogen) atoms. The lowest BCUT2D eigenvalue weighted by molar-refractivity contribution is -0.150. The molecule has 102 valence electrons. The Labute approximate surface area is 109 Å². The molecule has 4 aliphatic rings. The van der Waals surface area contributed by atoms with Crippen molar-refractivity contribution >= 4 is 6.16 Å². The molecule has 0 aliphatic heterocycles. The Balaban J connectivity index is 1.67. The normalized spacial score (nSPS) is 41.8. The molecule has 4 rings (SSSR count). The lowest BCUT2D eigenvalue weighted by atomic mass is 9.54. The monoisotopic (exact) mass is 252 g/mol. The molecular weight excluding hydrogens is 228 g/mol. The molecule has 0 unspecified atom stereocenters. The van der Waals surface area contributed by atoms with E-state index in [0.29, 0.717) is 0 Å². The van der Waals surface area contributed by atoms with Crippen molar-refractivity contribution < 1.29 is 14.3 Å². The molecule has 3 nitrogen and oxygen atoms in total. The number of carbonyl (C=O) groups excluding carboxylic acids is 1. The van der Waals surface area contributed by atoms with Crippen LogP contribution in [-0.4, -0.2) is 17.4 Å². The van der Waals surface area contributed by atoms with E-state index in [1.165, 1.54) is 19.3 Å². The molecule has 4 fully saturated rings. The van der Waals surface area contributed by atoms with Gasteiger partial charge in [0.15, 0.2) is 0 Å². The Morgan fingerprint density at radius 3 is 1.83 bits per heavy atom. The van der Waals surface area contributed by atoms with Gasteiger partial charge in [0, 0.05) is 0 Å². The fraction of sp³-hybridized carbons (Fsp3) is 0.933. The van der Waals surface area contributed by atoms with E-state index in [2.05, 4.69) is 0 Å². The summed E-state index contributed by atoms with van der Waals surface area (Å²) < 4.78 is 11.1. The van der Waals surface area contributed by atoms with E-state index in [-0.39, 0.29) is 5.60 Å². The topological polar surface area (TPSA) is 35.5 Å². The summed E-state index contributed by atoms with van der Waals surface area (Å²) in [5.74, 6) is 2.37. The van der Waals surface area contributed by atoms with E-state index < -0.39 is 11.8 Å². The molecule has 0 N–H and O–H groups in total. The van der Waals surface area contributed by atoms with Crippen molar-refractivity contribution in [3.8, 4) is 0 Å². The third-order valence-corrected chi connectivity index (χ3v) is 4.67. The summed E-state index contributed by atoms with van der Waals surface area (Å²) in [6, 6.07) is 0. The van der Waals surface area contributed by atoms with Gasteiger partial charge in [-0.2, -0.15) is 0 Å². The van der Waals surface area contributed by atoms with E-state index in [1.807, 2.05) is 20.8 Å². The zero-order valence-corrected chi connectivity index (χ0v) is 11.7. The highest BCUT2D eigenvalue weighted by Gasteiger charge is 2.53. The minimum atomic E-state index is -0.468. The Morgan fingerprint density at radius 1 is 1.00 bits per heavy atom. The van der Waals surface area contributed by atoms with Gasteiger partial charge in [-0.05, 0) is 77.0 Å². The van der Waals surface area contributed by atoms with Crippen LogP contribution < -0.4 is 0 Å². The number of hydrogen-bond acceptors (Lipinski definition) is 3. The largest absolute Gasteiger partial charge is 0.509 e. The second-order valence-corrected chi connectivity index (χ2v) is 7.67. The van der Waals surface area contributed by atoms with Crippen LogP contribution in [0.15, 0.2) is 0 Å². The molecule has 0 aromatic heterocycles. The first-order valence-corrected chi connectivity index (χ1v) is 7.26. The van der Waals surface area contributed by atoms with Gasteiger partial charge in [-0.15, -0.1) is 0 Å². The Hall–Kier alpha value is -0.730. The van der Waals surface area contributed by atoms with Crippen molar-refractivity contribution in [2.75, 3.05) is 0 Å². The van der Waals surface area contributed by atoms with Crippen LogP contribution in [0.5, 0.6) is 0 Å². The zero-order valence-electron chi connectivity index (χ0n) is 11.7. The van der Waals surface area contributed by atoms with Crippen LogP contribution in [0.25, 0.3) is 0 Å². The predicted octanol–water partition coefficient (Wildman–Crippen LogP) is 3.91. The number of carbonyl (C=O) groups is 1. The first-order valence-electron chi connectivity index (χ1n) is 7.26. The molecule has 0 amide bonds. The quantitative estimate of drug-likeness (QED) is 0.664. The molecule has 0 spiro atoms. The maximum atomic E-state index is 11.9.